The van der Waals surface area contributed by atoms with E-state index in [0.29, 0.717) is 25.1 Å². The van der Waals surface area contributed by atoms with Gasteiger partial charge in [0.25, 0.3) is 11.5 Å². The molecule has 0 aliphatic heterocycles. The number of nitrogen functional groups attached to an aromatic ring is 1. The van der Waals surface area contributed by atoms with Gasteiger partial charge in [0.15, 0.2) is 11.4 Å². The lowest BCUT2D eigenvalue weighted by Crippen LogP contribution is -2.41. The number of halogens is 1. The van der Waals surface area contributed by atoms with Crippen LogP contribution in [0.25, 0.3) is 5.69 Å². The second kappa shape index (κ2) is 10.8. The van der Waals surface area contributed by atoms with Crippen LogP contribution in [-0.2, 0) is 6.54 Å². The lowest BCUT2D eigenvalue weighted by atomic mass is 10.2. The van der Waals surface area contributed by atoms with Crippen LogP contribution in [0.1, 0.15) is 56.4 Å². The highest BCUT2D eigenvalue weighted by atomic mass is 19.1. The van der Waals surface area contributed by atoms with E-state index >= 15 is 0 Å². The van der Waals surface area contributed by atoms with Crippen molar-refractivity contribution in [1.29, 1.82) is 0 Å². The Morgan fingerprint density at radius 2 is 1.91 bits per heavy atom. The van der Waals surface area contributed by atoms with Crippen molar-refractivity contribution >= 4 is 17.4 Å². The second-order valence-corrected chi connectivity index (χ2v) is 7.79. The lowest BCUT2D eigenvalue weighted by Gasteiger charge is -2.24. The van der Waals surface area contributed by atoms with Crippen molar-refractivity contribution in [3.8, 4) is 5.69 Å². The molecule has 0 unspecified atom stereocenters. The Hall–Kier alpha value is -3.69. The predicted molar refractivity (Wildman–Crippen MR) is 125 cm³/mol. The number of aromatic nitrogens is 4. The number of rotatable bonds is 10. The summed E-state index contributed by atoms with van der Waals surface area (Å²) in [5, 5.41) is 4.28. The topological polar surface area (TPSA) is 119 Å². The number of nitrogens with two attached hydrogens (primary N) is 1. The Kier molecular flexibility index (Phi) is 7.81. The SMILES string of the molecule is CCCCCN(C(=O)c1ccn(-c2cccc(F)c2)n1)c1c(N)n(CCCC)c(=O)[nH]c1=O. The van der Waals surface area contributed by atoms with Gasteiger partial charge < -0.3 is 5.73 Å². The van der Waals surface area contributed by atoms with Crippen LogP contribution in [0.2, 0.25) is 0 Å². The number of nitrogens with zero attached hydrogens (tertiary/aromatic N) is 4. The highest BCUT2D eigenvalue weighted by Crippen LogP contribution is 2.21. The molecule has 33 heavy (non-hydrogen) atoms. The van der Waals surface area contributed by atoms with E-state index in [2.05, 4.69) is 10.1 Å². The van der Waals surface area contributed by atoms with Gasteiger partial charge in [-0.05, 0) is 37.1 Å². The zero-order chi connectivity index (χ0) is 24.0. The molecule has 2 aromatic heterocycles. The standard InChI is InChI=1S/C23H29FN6O3/c1-3-5-7-13-28(19-20(25)29(12-6-4-2)23(33)26-21(19)31)22(32)18-11-14-30(27-18)17-10-8-9-16(24)15-17/h8-11,14-15H,3-7,12-13,25H2,1-2H3,(H,26,31,33). The van der Waals surface area contributed by atoms with Crippen molar-refractivity contribution < 1.29 is 9.18 Å². The molecule has 0 aliphatic carbocycles. The minimum atomic E-state index is -0.723. The van der Waals surface area contributed by atoms with E-state index in [-0.39, 0.29) is 23.7 Å². The Bertz CT molecular complexity index is 1230. The van der Waals surface area contributed by atoms with E-state index in [9.17, 15) is 18.8 Å². The highest BCUT2D eigenvalue weighted by Gasteiger charge is 2.26. The first kappa shape index (κ1) is 24.0. The Morgan fingerprint density at radius 3 is 2.61 bits per heavy atom. The van der Waals surface area contributed by atoms with E-state index in [1.807, 2.05) is 13.8 Å². The summed E-state index contributed by atoms with van der Waals surface area (Å²) in [4.78, 5) is 42.1. The number of H-pyrrole nitrogens is 1. The van der Waals surface area contributed by atoms with E-state index in [1.54, 1.807) is 18.3 Å². The van der Waals surface area contributed by atoms with E-state index in [0.717, 1.165) is 19.3 Å². The van der Waals surface area contributed by atoms with Crippen LogP contribution in [0.3, 0.4) is 0 Å². The van der Waals surface area contributed by atoms with Crippen molar-refractivity contribution in [3.05, 3.63) is 68.9 Å². The Morgan fingerprint density at radius 1 is 1.15 bits per heavy atom. The van der Waals surface area contributed by atoms with Gasteiger partial charge in [-0.3, -0.25) is 24.0 Å². The molecule has 0 aliphatic rings. The fourth-order valence-corrected chi connectivity index (χ4v) is 3.55. The van der Waals surface area contributed by atoms with Gasteiger partial charge in [0.2, 0.25) is 0 Å². The van der Waals surface area contributed by atoms with Gasteiger partial charge in [0, 0.05) is 19.3 Å². The van der Waals surface area contributed by atoms with Crippen molar-refractivity contribution in [1.82, 2.24) is 19.3 Å². The molecule has 0 saturated heterocycles. The van der Waals surface area contributed by atoms with Crippen molar-refractivity contribution in [3.63, 3.8) is 0 Å². The van der Waals surface area contributed by atoms with E-state index < -0.39 is 23.0 Å². The zero-order valence-electron chi connectivity index (χ0n) is 18.9. The van der Waals surface area contributed by atoms with Crippen LogP contribution in [0, 0.1) is 5.82 Å². The van der Waals surface area contributed by atoms with Gasteiger partial charge in [-0.2, -0.15) is 5.10 Å². The van der Waals surface area contributed by atoms with Gasteiger partial charge in [-0.25, -0.2) is 13.9 Å². The van der Waals surface area contributed by atoms with Gasteiger partial charge in [-0.1, -0.05) is 39.2 Å². The lowest BCUT2D eigenvalue weighted by molar-refractivity contribution is 0.0981. The number of hydrogen-bond donors (Lipinski definition) is 2. The van der Waals surface area contributed by atoms with Crippen LogP contribution in [0.15, 0.2) is 46.1 Å². The first-order chi connectivity index (χ1) is 15.9. The third-order valence-electron chi connectivity index (χ3n) is 5.33. The van der Waals surface area contributed by atoms with Crippen molar-refractivity contribution in [2.45, 2.75) is 52.5 Å². The molecular weight excluding hydrogens is 427 g/mol. The molecule has 0 spiro atoms. The minimum absolute atomic E-state index is 0.0494. The quantitative estimate of drug-likeness (QED) is 0.455. The van der Waals surface area contributed by atoms with Gasteiger partial charge in [0.1, 0.15) is 11.6 Å². The summed E-state index contributed by atoms with van der Waals surface area (Å²) in [5.41, 5.74) is 5.38. The van der Waals surface area contributed by atoms with Crippen LogP contribution >= 0.6 is 0 Å². The van der Waals surface area contributed by atoms with Gasteiger partial charge in [-0.15, -0.1) is 0 Å². The average Bonchev–Trinajstić information content (AvgIpc) is 3.28. The largest absolute Gasteiger partial charge is 0.383 e. The third-order valence-corrected chi connectivity index (χ3v) is 5.33. The summed E-state index contributed by atoms with van der Waals surface area (Å²) < 4.78 is 16.3. The number of anilines is 2. The molecule has 1 amide bonds. The third kappa shape index (κ3) is 5.39. The van der Waals surface area contributed by atoms with Crippen LogP contribution in [-0.4, -0.2) is 31.8 Å². The Labute approximate surface area is 190 Å². The van der Waals surface area contributed by atoms with Crippen molar-refractivity contribution in [2.75, 3.05) is 17.2 Å². The molecule has 1 aromatic carbocycles. The molecule has 3 aromatic rings. The van der Waals surface area contributed by atoms with E-state index in [1.165, 1.54) is 32.3 Å². The molecular formula is C23H29FN6O3. The maximum Gasteiger partial charge on any atom is 0.330 e. The average molecular weight is 457 g/mol. The number of carbonyl (C=O) groups is 1. The molecule has 10 heteroatoms. The number of aromatic amines is 1. The molecule has 176 valence electrons. The summed E-state index contributed by atoms with van der Waals surface area (Å²) in [5.74, 6) is -1.00. The number of hydrogen-bond acceptors (Lipinski definition) is 5. The van der Waals surface area contributed by atoms with E-state index in [4.69, 9.17) is 5.73 Å². The smallest absolute Gasteiger partial charge is 0.330 e. The maximum atomic E-state index is 13.6. The molecule has 0 radical (unpaired) electrons. The van der Waals surface area contributed by atoms with Crippen LogP contribution < -0.4 is 21.9 Å². The number of amides is 1. The predicted octanol–water partition coefficient (Wildman–Crippen LogP) is 3.08. The summed E-state index contributed by atoms with van der Waals surface area (Å²) in [7, 11) is 0. The van der Waals surface area contributed by atoms with Crippen molar-refractivity contribution in [2.24, 2.45) is 0 Å². The molecule has 3 rings (SSSR count). The summed E-state index contributed by atoms with van der Waals surface area (Å²) >= 11 is 0. The molecule has 0 saturated carbocycles. The fraction of sp³-hybridized carbons (Fsp3) is 0.391. The maximum absolute atomic E-state index is 13.6. The summed E-state index contributed by atoms with van der Waals surface area (Å²) in [6.45, 7) is 4.57. The molecule has 0 bridgehead atoms. The van der Waals surface area contributed by atoms with Crippen LogP contribution in [0.4, 0.5) is 15.9 Å². The molecule has 0 atom stereocenters. The first-order valence-corrected chi connectivity index (χ1v) is 11.1. The number of carbonyl (C=O) groups excluding carboxylic acids is 1. The minimum Gasteiger partial charge on any atom is -0.383 e. The Balaban J connectivity index is 2.03. The molecule has 0 fully saturated rings. The molecule has 2 heterocycles. The number of benzene rings is 1. The normalized spacial score (nSPS) is 11.0. The second-order valence-electron chi connectivity index (χ2n) is 7.79. The number of nitrogens with one attached hydrogen (secondary N) is 1. The first-order valence-electron chi connectivity index (χ1n) is 11.1. The van der Waals surface area contributed by atoms with Gasteiger partial charge >= 0.3 is 5.69 Å². The molecule has 3 N–H and O–H groups in total. The summed E-state index contributed by atoms with van der Waals surface area (Å²) in [6, 6.07) is 7.32. The van der Waals surface area contributed by atoms with Crippen LogP contribution in [0.5, 0.6) is 0 Å². The monoisotopic (exact) mass is 456 g/mol. The zero-order valence-corrected chi connectivity index (χ0v) is 18.9. The number of unbranched alkanes of at least 4 members (excludes halogenated alkanes) is 3. The fourth-order valence-electron chi connectivity index (χ4n) is 3.55. The molecule has 9 nitrogen and oxygen atoms in total. The van der Waals surface area contributed by atoms with Gasteiger partial charge in [0.05, 0.1) is 5.69 Å². The summed E-state index contributed by atoms with van der Waals surface area (Å²) in [6.07, 6.45) is 5.46. The highest BCUT2D eigenvalue weighted by molar-refractivity contribution is 6.06.